The molecule has 1 aliphatic heterocycles. The minimum Gasteiger partial charge on any atom is -0.359 e. The van der Waals surface area contributed by atoms with Gasteiger partial charge in [-0.15, -0.1) is 0 Å². The number of aromatic nitrogens is 1. The number of halogens is 1. The molecular formula is C9H13IN2O. The fourth-order valence-electron chi connectivity index (χ4n) is 1.65. The Morgan fingerprint density at radius 2 is 2.31 bits per heavy atom. The summed E-state index contributed by atoms with van der Waals surface area (Å²) in [5, 5.41) is 3.98. The quantitative estimate of drug-likeness (QED) is 0.742. The maximum atomic E-state index is 5.27. The van der Waals surface area contributed by atoms with Gasteiger partial charge in [0.25, 0.3) is 0 Å². The number of fused-ring (bicyclic) bond motifs is 1. The summed E-state index contributed by atoms with van der Waals surface area (Å²) in [5.74, 6) is 1.06. The van der Waals surface area contributed by atoms with E-state index in [1.807, 2.05) is 0 Å². The summed E-state index contributed by atoms with van der Waals surface area (Å²) in [4.78, 5) is 2.41. The molecule has 0 saturated carbocycles. The summed E-state index contributed by atoms with van der Waals surface area (Å²) < 4.78 is 6.31. The molecule has 0 atom stereocenters. The molecule has 0 radical (unpaired) electrons. The zero-order valence-corrected chi connectivity index (χ0v) is 10.0. The first-order valence-corrected chi connectivity index (χ1v) is 5.63. The van der Waals surface area contributed by atoms with E-state index in [9.17, 15) is 0 Å². The highest BCUT2D eigenvalue weighted by atomic mass is 127. The van der Waals surface area contributed by atoms with Crippen LogP contribution in [0.5, 0.6) is 0 Å². The number of rotatable bonds is 1. The van der Waals surface area contributed by atoms with Gasteiger partial charge >= 0.3 is 0 Å². The molecule has 0 unspecified atom stereocenters. The molecule has 1 aromatic rings. The molecule has 0 saturated heterocycles. The summed E-state index contributed by atoms with van der Waals surface area (Å²) >= 11 is 2.24. The highest BCUT2D eigenvalue weighted by Crippen LogP contribution is 2.24. The lowest BCUT2D eigenvalue weighted by Gasteiger charge is -2.28. The van der Waals surface area contributed by atoms with Crippen molar-refractivity contribution in [2.24, 2.45) is 0 Å². The summed E-state index contributed by atoms with van der Waals surface area (Å²) in [6, 6.07) is 0.593. The van der Waals surface area contributed by atoms with Crippen molar-refractivity contribution in [1.29, 1.82) is 0 Å². The first kappa shape index (κ1) is 9.45. The molecule has 0 bridgehead atoms. The van der Waals surface area contributed by atoms with Crippen LogP contribution < -0.4 is 0 Å². The van der Waals surface area contributed by atoms with Crippen LogP contribution >= 0.6 is 22.6 Å². The lowest BCUT2D eigenvalue weighted by Crippen LogP contribution is -2.35. The normalized spacial score (nSPS) is 17.8. The van der Waals surface area contributed by atoms with Crippen molar-refractivity contribution in [3.63, 3.8) is 0 Å². The molecule has 2 rings (SSSR count). The van der Waals surface area contributed by atoms with E-state index in [4.69, 9.17) is 4.52 Å². The first-order chi connectivity index (χ1) is 6.18. The third kappa shape index (κ3) is 1.74. The molecule has 0 amide bonds. The second-order valence-electron chi connectivity index (χ2n) is 3.69. The third-order valence-corrected chi connectivity index (χ3v) is 3.40. The van der Waals surface area contributed by atoms with E-state index in [0.29, 0.717) is 6.04 Å². The van der Waals surface area contributed by atoms with Gasteiger partial charge in [0.2, 0.25) is 0 Å². The lowest BCUT2D eigenvalue weighted by atomic mass is 10.1. The summed E-state index contributed by atoms with van der Waals surface area (Å²) in [6.45, 7) is 6.48. The van der Waals surface area contributed by atoms with Crippen molar-refractivity contribution in [3.8, 4) is 0 Å². The Bertz CT molecular complexity index is 309. The Hall–Kier alpha value is -0.100. The molecule has 1 aromatic heterocycles. The Labute approximate surface area is 91.6 Å². The van der Waals surface area contributed by atoms with Crippen LogP contribution in [0.15, 0.2) is 4.52 Å². The van der Waals surface area contributed by atoms with Gasteiger partial charge in [-0.05, 0) is 42.9 Å². The smallest absolute Gasteiger partial charge is 0.155 e. The fourth-order valence-corrected chi connectivity index (χ4v) is 2.32. The van der Waals surface area contributed by atoms with Gasteiger partial charge < -0.3 is 4.52 Å². The van der Waals surface area contributed by atoms with Crippen LogP contribution in [0.1, 0.15) is 25.2 Å². The third-order valence-electron chi connectivity index (χ3n) is 2.55. The summed E-state index contributed by atoms with van der Waals surface area (Å²) in [7, 11) is 0. The largest absolute Gasteiger partial charge is 0.359 e. The standard InChI is InChI=1S/C9H13IN2O/c1-6(2)12-4-3-7-8(5-12)13-11-9(7)10/h6H,3-5H2,1-2H3. The van der Waals surface area contributed by atoms with Gasteiger partial charge in [-0.25, -0.2) is 0 Å². The number of hydrogen-bond acceptors (Lipinski definition) is 3. The van der Waals surface area contributed by atoms with Crippen molar-refractivity contribution in [2.45, 2.75) is 32.9 Å². The molecule has 0 N–H and O–H groups in total. The summed E-state index contributed by atoms with van der Waals surface area (Å²) in [5.41, 5.74) is 1.32. The van der Waals surface area contributed by atoms with Crippen molar-refractivity contribution in [1.82, 2.24) is 10.1 Å². The monoisotopic (exact) mass is 292 g/mol. The maximum Gasteiger partial charge on any atom is 0.155 e. The Kier molecular flexibility index (Phi) is 2.60. The molecule has 72 valence electrons. The molecule has 0 aromatic carbocycles. The highest BCUT2D eigenvalue weighted by molar-refractivity contribution is 14.1. The van der Waals surface area contributed by atoms with E-state index >= 15 is 0 Å². The van der Waals surface area contributed by atoms with Crippen LogP contribution in [0.4, 0.5) is 0 Å². The molecule has 0 spiro atoms. The molecular weight excluding hydrogens is 279 g/mol. The molecule has 1 aliphatic rings. The molecule has 0 aliphatic carbocycles. The van der Waals surface area contributed by atoms with Crippen LogP contribution in [0.3, 0.4) is 0 Å². The Morgan fingerprint density at radius 1 is 1.54 bits per heavy atom. The maximum absolute atomic E-state index is 5.27. The lowest BCUT2D eigenvalue weighted by molar-refractivity contribution is 0.177. The van der Waals surface area contributed by atoms with Crippen LogP contribution in [0, 0.1) is 3.70 Å². The highest BCUT2D eigenvalue weighted by Gasteiger charge is 2.23. The minimum absolute atomic E-state index is 0.593. The van der Waals surface area contributed by atoms with E-state index in [-0.39, 0.29) is 0 Å². The summed E-state index contributed by atoms with van der Waals surface area (Å²) in [6.07, 6.45) is 1.08. The Balaban J connectivity index is 2.21. The van der Waals surface area contributed by atoms with Crippen LogP contribution in [-0.4, -0.2) is 22.6 Å². The first-order valence-electron chi connectivity index (χ1n) is 4.55. The van der Waals surface area contributed by atoms with Gasteiger partial charge in [0.1, 0.15) is 3.70 Å². The number of hydrogen-bond donors (Lipinski definition) is 0. The zero-order chi connectivity index (χ0) is 9.42. The van der Waals surface area contributed by atoms with Crippen LogP contribution in [0.2, 0.25) is 0 Å². The Morgan fingerprint density at radius 3 is 3.00 bits per heavy atom. The molecule has 0 fully saturated rings. The number of nitrogens with zero attached hydrogens (tertiary/aromatic N) is 2. The topological polar surface area (TPSA) is 29.3 Å². The van der Waals surface area contributed by atoms with Gasteiger partial charge in [0.15, 0.2) is 5.76 Å². The second-order valence-corrected chi connectivity index (χ2v) is 4.71. The molecule has 4 heteroatoms. The molecule has 13 heavy (non-hydrogen) atoms. The average Bonchev–Trinajstić information content (AvgIpc) is 2.47. The van der Waals surface area contributed by atoms with Crippen LogP contribution in [-0.2, 0) is 13.0 Å². The van der Waals surface area contributed by atoms with Gasteiger partial charge in [0.05, 0.1) is 6.54 Å². The molecule has 3 nitrogen and oxygen atoms in total. The second kappa shape index (κ2) is 3.57. The minimum atomic E-state index is 0.593. The van der Waals surface area contributed by atoms with Gasteiger partial charge in [-0.1, -0.05) is 5.16 Å². The molecule has 2 heterocycles. The van der Waals surface area contributed by atoms with Crippen molar-refractivity contribution < 1.29 is 4.52 Å². The SMILES string of the molecule is CC(C)N1CCc2c(I)noc2C1. The van der Waals surface area contributed by atoms with Crippen LogP contribution in [0.25, 0.3) is 0 Å². The van der Waals surface area contributed by atoms with E-state index in [0.717, 1.165) is 29.0 Å². The van der Waals surface area contributed by atoms with E-state index in [2.05, 4.69) is 46.5 Å². The fraction of sp³-hybridized carbons (Fsp3) is 0.667. The van der Waals surface area contributed by atoms with Crippen molar-refractivity contribution in [2.75, 3.05) is 6.54 Å². The zero-order valence-electron chi connectivity index (χ0n) is 7.88. The van der Waals surface area contributed by atoms with E-state index in [1.54, 1.807) is 0 Å². The van der Waals surface area contributed by atoms with Gasteiger partial charge in [-0.3, -0.25) is 4.90 Å². The van der Waals surface area contributed by atoms with E-state index < -0.39 is 0 Å². The van der Waals surface area contributed by atoms with Crippen molar-refractivity contribution in [3.05, 3.63) is 15.0 Å². The van der Waals surface area contributed by atoms with Crippen molar-refractivity contribution >= 4 is 22.6 Å². The predicted octanol–water partition coefficient (Wildman–Crippen LogP) is 2.05. The average molecular weight is 292 g/mol. The van der Waals surface area contributed by atoms with Gasteiger partial charge in [0, 0.05) is 18.2 Å². The van der Waals surface area contributed by atoms with Gasteiger partial charge in [-0.2, -0.15) is 0 Å². The van der Waals surface area contributed by atoms with E-state index in [1.165, 1.54) is 5.56 Å². The predicted molar refractivity (Wildman–Crippen MR) is 58.5 cm³/mol.